The molecule has 2 atom stereocenters. The summed E-state index contributed by atoms with van der Waals surface area (Å²) >= 11 is 0. The molecule has 8 heteroatoms. The summed E-state index contributed by atoms with van der Waals surface area (Å²) in [6.07, 6.45) is -3.76. The average molecular weight is 385 g/mol. The number of carbonyl (C=O) groups excluding carboxylic acids is 2. The van der Waals surface area contributed by atoms with Gasteiger partial charge in [0.05, 0.1) is 18.5 Å². The highest BCUT2D eigenvalue weighted by Gasteiger charge is 2.43. The highest BCUT2D eigenvalue weighted by Crippen LogP contribution is 2.33. The van der Waals surface area contributed by atoms with Gasteiger partial charge < -0.3 is 10.6 Å². The first-order valence-corrected chi connectivity index (χ1v) is 9.04. The van der Waals surface area contributed by atoms with E-state index in [0.29, 0.717) is 18.7 Å². The molecule has 1 aliphatic heterocycles. The van der Waals surface area contributed by atoms with Gasteiger partial charge in [0, 0.05) is 12.2 Å². The highest BCUT2D eigenvalue weighted by atomic mass is 19.4. The Hall–Kier alpha value is -2.09. The smallest absolute Gasteiger partial charge is 0.346 e. The predicted molar refractivity (Wildman–Crippen MR) is 97.4 cm³/mol. The standard InChI is InChI=1S/C19H26F3N3O2/c1-12-6-4-7-13(2)17(12)24-16(26)10-23-18(27)14(3)25-9-5-8-15(11-25)19(20,21)22/h4,6-7,14-15H,5,8-11H2,1-3H3,(H,23,27)(H,24,26)/t14-,15+/m0/s1. The minimum Gasteiger partial charge on any atom is -0.346 e. The van der Waals surface area contributed by atoms with E-state index in [2.05, 4.69) is 10.6 Å². The van der Waals surface area contributed by atoms with E-state index >= 15 is 0 Å². The zero-order valence-electron chi connectivity index (χ0n) is 15.8. The lowest BCUT2D eigenvalue weighted by Crippen LogP contribution is -2.52. The fraction of sp³-hybridized carbons (Fsp3) is 0.579. The van der Waals surface area contributed by atoms with Crippen molar-refractivity contribution in [3.05, 3.63) is 29.3 Å². The third-order valence-electron chi connectivity index (χ3n) is 5.01. The summed E-state index contributed by atoms with van der Waals surface area (Å²) in [5, 5.41) is 5.28. The van der Waals surface area contributed by atoms with Crippen LogP contribution in [0.4, 0.5) is 18.9 Å². The number of rotatable bonds is 5. The van der Waals surface area contributed by atoms with Crippen LogP contribution in [0.25, 0.3) is 0 Å². The van der Waals surface area contributed by atoms with Gasteiger partial charge in [0.2, 0.25) is 11.8 Å². The first-order valence-electron chi connectivity index (χ1n) is 9.04. The first-order chi connectivity index (χ1) is 12.6. The lowest BCUT2D eigenvalue weighted by molar-refractivity contribution is -0.188. The molecule has 0 unspecified atom stereocenters. The first kappa shape index (κ1) is 21.2. The summed E-state index contributed by atoms with van der Waals surface area (Å²) in [5.41, 5.74) is 2.53. The maximum Gasteiger partial charge on any atom is 0.393 e. The van der Waals surface area contributed by atoms with Gasteiger partial charge in [0.1, 0.15) is 0 Å². The molecule has 0 aliphatic carbocycles. The average Bonchev–Trinajstić information content (AvgIpc) is 2.61. The van der Waals surface area contributed by atoms with Crippen molar-refractivity contribution in [1.29, 1.82) is 0 Å². The number of hydrogen-bond acceptors (Lipinski definition) is 3. The van der Waals surface area contributed by atoms with Crippen LogP contribution in [0.1, 0.15) is 30.9 Å². The number of para-hydroxylation sites is 1. The van der Waals surface area contributed by atoms with Crippen LogP contribution in [0.5, 0.6) is 0 Å². The molecule has 0 aromatic heterocycles. The third kappa shape index (κ3) is 5.69. The molecule has 2 rings (SSSR count). The number of benzene rings is 1. The summed E-state index contributed by atoms with van der Waals surface area (Å²) in [7, 11) is 0. The Morgan fingerprint density at radius 1 is 1.26 bits per heavy atom. The van der Waals surface area contributed by atoms with Gasteiger partial charge in [-0.3, -0.25) is 14.5 Å². The zero-order chi connectivity index (χ0) is 20.2. The Morgan fingerprint density at radius 2 is 1.89 bits per heavy atom. The van der Waals surface area contributed by atoms with Crippen molar-refractivity contribution < 1.29 is 22.8 Å². The second-order valence-electron chi connectivity index (χ2n) is 7.08. The van der Waals surface area contributed by atoms with Crippen molar-refractivity contribution in [2.24, 2.45) is 5.92 Å². The van der Waals surface area contributed by atoms with E-state index in [1.807, 2.05) is 32.0 Å². The van der Waals surface area contributed by atoms with Crippen LogP contribution < -0.4 is 10.6 Å². The van der Waals surface area contributed by atoms with E-state index in [1.165, 1.54) is 4.90 Å². The van der Waals surface area contributed by atoms with E-state index in [0.717, 1.165) is 11.1 Å². The summed E-state index contributed by atoms with van der Waals surface area (Å²) in [5.74, 6) is -2.23. The predicted octanol–water partition coefficient (Wildman–Crippen LogP) is 3.02. The van der Waals surface area contributed by atoms with Crippen LogP contribution in [0.2, 0.25) is 0 Å². The van der Waals surface area contributed by atoms with Crippen molar-refractivity contribution in [1.82, 2.24) is 10.2 Å². The largest absolute Gasteiger partial charge is 0.393 e. The van der Waals surface area contributed by atoms with Gasteiger partial charge in [-0.05, 0) is 51.3 Å². The lowest BCUT2D eigenvalue weighted by Gasteiger charge is -2.36. The highest BCUT2D eigenvalue weighted by molar-refractivity contribution is 5.96. The summed E-state index contributed by atoms with van der Waals surface area (Å²) in [4.78, 5) is 25.9. The number of anilines is 1. The van der Waals surface area contributed by atoms with Crippen LogP contribution in [0, 0.1) is 19.8 Å². The molecule has 150 valence electrons. The molecule has 5 nitrogen and oxygen atoms in total. The Morgan fingerprint density at radius 3 is 2.48 bits per heavy atom. The monoisotopic (exact) mass is 385 g/mol. The van der Waals surface area contributed by atoms with Crippen LogP contribution >= 0.6 is 0 Å². The fourth-order valence-corrected chi connectivity index (χ4v) is 3.30. The third-order valence-corrected chi connectivity index (χ3v) is 5.01. The van der Waals surface area contributed by atoms with Gasteiger partial charge in [-0.25, -0.2) is 0 Å². The van der Waals surface area contributed by atoms with Gasteiger partial charge >= 0.3 is 6.18 Å². The van der Waals surface area contributed by atoms with E-state index in [1.54, 1.807) is 6.92 Å². The number of alkyl halides is 3. The van der Waals surface area contributed by atoms with Crippen molar-refractivity contribution in [3.8, 4) is 0 Å². The number of nitrogens with one attached hydrogen (secondary N) is 2. The van der Waals surface area contributed by atoms with Gasteiger partial charge in [0.15, 0.2) is 0 Å². The molecule has 27 heavy (non-hydrogen) atoms. The van der Waals surface area contributed by atoms with E-state index in [9.17, 15) is 22.8 Å². The Labute approximate surface area is 157 Å². The number of hydrogen-bond donors (Lipinski definition) is 2. The van der Waals surface area contributed by atoms with Crippen molar-refractivity contribution >= 4 is 17.5 Å². The van der Waals surface area contributed by atoms with E-state index in [-0.39, 0.29) is 25.4 Å². The van der Waals surface area contributed by atoms with Crippen molar-refractivity contribution in [2.75, 3.05) is 25.0 Å². The van der Waals surface area contributed by atoms with Crippen molar-refractivity contribution in [3.63, 3.8) is 0 Å². The zero-order valence-corrected chi connectivity index (χ0v) is 15.8. The van der Waals surface area contributed by atoms with Gasteiger partial charge in [0.25, 0.3) is 0 Å². The summed E-state index contributed by atoms with van der Waals surface area (Å²) in [6.45, 7) is 5.33. The number of aryl methyl sites for hydroxylation is 2. The van der Waals surface area contributed by atoms with Gasteiger partial charge in [-0.1, -0.05) is 18.2 Å². The number of likely N-dealkylation sites (tertiary alicyclic amines) is 1. The number of carbonyl (C=O) groups is 2. The van der Waals surface area contributed by atoms with Crippen LogP contribution in [-0.4, -0.2) is 48.6 Å². The summed E-state index contributed by atoms with van der Waals surface area (Å²) < 4.78 is 38.8. The molecule has 0 saturated carbocycles. The fourth-order valence-electron chi connectivity index (χ4n) is 3.30. The maximum absolute atomic E-state index is 12.9. The number of halogens is 3. The van der Waals surface area contributed by atoms with Crippen molar-refractivity contribution in [2.45, 2.75) is 45.8 Å². The van der Waals surface area contributed by atoms with Gasteiger partial charge in [-0.15, -0.1) is 0 Å². The van der Waals surface area contributed by atoms with Crippen LogP contribution in [-0.2, 0) is 9.59 Å². The molecule has 1 saturated heterocycles. The molecule has 2 N–H and O–H groups in total. The SMILES string of the molecule is Cc1cccc(C)c1NC(=O)CNC(=O)[C@H](C)N1CCC[C@@H](C(F)(F)F)C1. The summed E-state index contributed by atoms with van der Waals surface area (Å²) in [6, 6.07) is 4.91. The Balaban J connectivity index is 1.86. The topological polar surface area (TPSA) is 61.4 Å². The minimum atomic E-state index is -4.25. The molecule has 2 amide bonds. The minimum absolute atomic E-state index is 0.0898. The number of piperidine rings is 1. The van der Waals surface area contributed by atoms with E-state index < -0.39 is 24.0 Å². The molecule has 1 aliphatic rings. The van der Waals surface area contributed by atoms with Crippen LogP contribution in [0.3, 0.4) is 0 Å². The number of amides is 2. The molecule has 0 spiro atoms. The molecule has 0 bridgehead atoms. The van der Waals surface area contributed by atoms with Crippen LogP contribution in [0.15, 0.2) is 18.2 Å². The second kappa shape index (κ2) is 8.73. The lowest BCUT2D eigenvalue weighted by atomic mass is 9.96. The quantitative estimate of drug-likeness (QED) is 0.819. The molecule has 1 heterocycles. The molecule has 0 radical (unpaired) electrons. The normalized spacial score (nSPS) is 19.4. The molecular weight excluding hydrogens is 359 g/mol. The number of nitrogens with zero attached hydrogens (tertiary/aromatic N) is 1. The maximum atomic E-state index is 12.9. The molecular formula is C19H26F3N3O2. The van der Waals surface area contributed by atoms with E-state index in [4.69, 9.17) is 0 Å². The molecule has 1 aromatic carbocycles. The Bertz CT molecular complexity index is 671. The molecule has 1 aromatic rings. The molecule has 1 fully saturated rings. The second-order valence-corrected chi connectivity index (χ2v) is 7.08. The Kier molecular flexibility index (Phi) is 6.86. The van der Waals surface area contributed by atoms with Gasteiger partial charge in [-0.2, -0.15) is 13.2 Å².